The topological polar surface area (TPSA) is 49.9 Å². The Morgan fingerprint density at radius 3 is 1.83 bits per heavy atom. The highest BCUT2D eigenvalue weighted by molar-refractivity contribution is 6.05. The van der Waals surface area contributed by atoms with Gasteiger partial charge in [-0.3, -0.25) is 9.69 Å². The van der Waals surface area contributed by atoms with Gasteiger partial charge in [-0.15, -0.1) is 0 Å². The number of benzene rings is 1. The van der Waals surface area contributed by atoms with Gasteiger partial charge >= 0.3 is 6.03 Å². The van der Waals surface area contributed by atoms with Crippen LogP contribution in [0.1, 0.15) is 53.1 Å². The van der Waals surface area contributed by atoms with Gasteiger partial charge in [-0.1, -0.05) is 12.1 Å². The van der Waals surface area contributed by atoms with Crippen molar-refractivity contribution < 1.29 is 14.3 Å². The molecule has 0 aromatic heterocycles. The molecule has 2 rings (SSSR count). The molecule has 1 aliphatic heterocycles. The van der Waals surface area contributed by atoms with E-state index in [0.29, 0.717) is 0 Å². The second-order valence-corrected chi connectivity index (χ2v) is 7.84. The van der Waals surface area contributed by atoms with Crippen LogP contribution in [-0.4, -0.2) is 39.9 Å². The van der Waals surface area contributed by atoms with Crippen LogP contribution >= 0.6 is 0 Å². The lowest BCUT2D eigenvalue weighted by atomic mass is 9.99. The van der Waals surface area contributed by atoms with Crippen molar-refractivity contribution in [3.05, 3.63) is 29.8 Å². The summed E-state index contributed by atoms with van der Waals surface area (Å²) in [5.41, 5.74) is -0.221. The first kappa shape index (κ1) is 17.3. The predicted octanol–water partition coefficient (Wildman–Crippen LogP) is 3.60. The number of rotatable bonds is 2. The standard InChI is InChI=1S/C18H26N2O3/c1-17(2,3)19-14(12-8-10-13(23-7)11-9-12)15(21)20(16(19)22)18(4,5)6/h8-11,14H,1-7H3. The van der Waals surface area contributed by atoms with E-state index in [2.05, 4.69) is 0 Å². The monoisotopic (exact) mass is 318 g/mol. The number of amides is 3. The molecule has 126 valence electrons. The molecule has 1 aliphatic rings. The van der Waals surface area contributed by atoms with E-state index in [9.17, 15) is 9.59 Å². The van der Waals surface area contributed by atoms with Crippen molar-refractivity contribution >= 4 is 11.9 Å². The van der Waals surface area contributed by atoms with Crippen molar-refractivity contribution in [2.24, 2.45) is 0 Å². The quantitative estimate of drug-likeness (QED) is 0.783. The molecule has 1 atom stereocenters. The van der Waals surface area contributed by atoms with Crippen molar-refractivity contribution in [2.45, 2.75) is 58.7 Å². The SMILES string of the molecule is COc1ccc(C2C(=O)N(C(C)(C)C)C(=O)N2C(C)(C)C)cc1. The van der Waals surface area contributed by atoms with Gasteiger partial charge in [0.1, 0.15) is 11.8 Å². The maximum absolute atomic E-state index is 13.0. The van der Waals surface area contributed by atoms with Crippen LogP contribution in [-0.2, 0) is 4.79 Å². The largest absolute Gasteiger partial charge is 0.497 e. The smallest absolute Gasteiger partial charge is 0.328 e. The number of ether oxygens (including phenoxy) is 1. The molecule has 0 saturated carbocycles. The minimum Gasteiger partial charge on any atom is -0.497 e. The molecule has 1 saturated heterocycles. The molecule has 0 aliphatic carbocycles. The number of hydrogen-bond acceptors (Lipinski definition) is 3. The first-order valence-electron chi connectivity index (χ1n) is 7.80. The summed E-state index contributed by atoms with van der Waals surface area (Å²) in [6.45, 7) is 11.5. The van der Waals surface area contributed by atoms with Crippen molar-refractivity contribution in [3.8, 4) is 5.75 Å². The third-order valence-corrected chi connectivity index (χ3v) is 3.93. The summed E-state index contributed by atoms with van der Waals surface area (Å²) in [7, 11) is 1.60. The van der Waals surface area contributed by atoms with Crippen LogP contribution in [0.15, 0.2) is 24.3 Å². The molecule has 1 heterocycles. The number of nitrogens with zero attached hydrogens (tertiary/aromatic N) is 2. The summed E-state index contributed by atoms with van der Waals surface area (Å²) in [5, 5.41) is 0. The average molecular weight is 318 g/mol. The summed E-state index contributed by atoms with van der Waals surface area (Å²) < 4.78 is 5.17. The van der Waals surface area contributed by atoms with Crippen LogP contribution in [0.4, 0.5) is 4.79 Å². The Morgan fingerprint density at radius 2 is 1.43 bits per heavy atom. The Hall–Kier alpha value is -2.04. The third kappa shape index (κ3) is 3.05. The Balaban J connectivity index is 2.53. The van der Waals surface area contributed by atoms with Gasteiger partial charge < -0.3 is 9.64 Å². The highest BCUT2D eigenvalue weighted by atomic mass is 16.5. The Kier molecular flexibility index (Phi) is 4.18. The van der Waals surface area contributed by atoms with Crippen molar-refractivity contribution in [2.75, 3.05) is 7.11 Å². The van der Waals surface area contributed by atoms with Gasteiger partial charge in [0.15, 0.2) is 0 Å². The lowest BCUT2D eigenvalue weighted by molar-refractivity contribution is -0.131. The van der Waals surface area contributed by atoms with E-state index in [-0.39, 0.29) is 11.9 Å². The fraction of sp³-hybridized carbons (Fsp3) is 0.556. The first-order valence-corrected chi connectivity index (χ1v) is 7.80. The van der Waals surface area contributed by atoms with Crippen LogP contribution in [0.2, 0.25) is 0 Å². The fourth-order valence-electron chi connectivity index (χ4n) is 2.91. The zero-order chi connectivity index (χ0) is 17.6. The van der Waals surface area contributed by atoms with Crippen molar-refractivity contribution in [3.63, 3.8) is 0 Å². The average Bonchev–Trinajstić information content (AvgIpc) is 2.69. The molecule has 1 fully saturated rings. The van der Waals surface area contributed by atoms with Crippen LogP contribution in [0.5, 0.6) is 5.75 Å². The van der Waals surface area contributed by atoms with E-state index >= 15 is 0 Å². The third-order valence-electron chi connectivity index (χ3n) is 3.93. The van der Waals surface area contributed by atoms with E-state index in [1.54, 1.807) is 12.0 Å². The molecule has 0 radical (unpaired) electrons. The lowest BCUT2D eigenvalue weighted by Crippen LogP contribution is -2.49. The summed E-state index contributed by atoms with van der Waals surface area (Å²) in [5.74, 6) is 0.545. The van der Waals surface area contributed by atoms with Crippen LogP contribution in [0.25, 0.3) is 0 Å². The molecule has 0 N–H and O–H groups in total. The maximum Gasteiger partial charge on any atom is 0.328 e. The summed E-state index contributed by atoms with van der Waals surface area (Å²) in [6.07, 6.45) is 0. The number of carbonyl (C=O) groups is 2. The number of urea groups is 1. The first-order chi connectivity index (χ1) is 10.5. The molecule has 23 heavy (non-hydrogen) atoms. The number of carbonyl (C=O) groups excluding carboxylic acids is 2. The molecule has 5 nitrogen and oxygen atoms in total. The Labute approximate surface area is 138 Å². The van der Waals surface area contributed by atoms with Crippen LogP contribution < -0.4 is 4.74 Å². The van der Waals surface area contributed by atoms with Gasteiger partial charge in [-0.2, -0.15) is 0 Å². The second kappa shape index (κ2) is 5.55. The molecule has 5 heteroatoms. The zero-order valence-corrected chi connectivity index (χ0v) is 15.0. The summed E-state index contributed by atoms with van der Waals surface area (Å²) in [6, 6.07) is 6.48. The highest BCUT2D eigenvalue weighted by Crippen LogP contribution is 2.39. The predicted molar refractivity (Wildman–Crippen MR) is 89.3 cm³/mol. The van der Waals surface area contributed by atoms with Crippen LogP contribution in [0.3, 0.4) is 0 Å². The van der Waals surface area contributed by atoms with Gasteiger partial charge in [0, 0.05) is 11.1 Å². The summed E-state index contributed by atoms with van der Waals surface area (Å²) >= 11 is 0. The molecule has 0 spiro atoms. The normalized spacial score (nSPS) is 19.5. The molecule has 1 aromatic rings. The highest BCUT2D eigenvalue weighted by Gasteiger charge is 2.53. The Morgan fingerprint density at radius 1 is 0.913 bits per heavy atom. The van der Waals surface area contributed by atoms with E-state index in [1.165, 1.54) is 4.90 Å². The van der Waals surface area contributed by atoms with Crippen molar-refractivity contribution in [1.82, 2.24) is 9.80 Å². The summed E-state index contributed by atoms with van der Waals surface area (Å²) in [4.78, 5) is 29.0. The van der Waals surface area contributed by atoms with E-state index in [1.807, 2.05) is 65.8 Å². The van der Waals surface area contributed by atoms with Gasteiger partial charge in [0.2, 0.25) is 0 Å². The Bertz CT molecular complexity index is 609. The minimum absolute atomic E-state index is 0.178. The molecular formula is C18H26N2O3. The molecule has 0 bridgehead atoms. The van der Waals surface area contributed by atoms with Gasteiger partial charge in [-0.25, -0.2) is 4.79 Å². The second-order valence-electron chi connectivity index (χ2n) is 7.84. The number of imide groups is 1. The molecule has 1 unspecified atom stereocenters. The zero-order valence-electron chi connectivity index (χ0n) is 15.0. The van der Waals surface area contributed by atoms with E-state index < -0.39 is 17.1 Å². The lowest BCUT2D eigenvalue weighted by Gasteiger charge is -2.36. The molecular weight excluding hydrogens is 292 g/mol. The minimum atomic E-state index is -0.604. The maximum atomic E-state index is 13.0. The molecule has 1 aromatic carbocycles. The number of hydrogen-bond donors (Lipinski definition) is 0. The van der Waals surface area contributed by atoms with Crippen LogP contribution in [0, 0.1) is 0 Å². The van der Waals surface area contributed by atoms with Gasteiger partial charge in [0.25, 0.3) is 5.91 Å². The van der Waals surface area contributed by atoms with E-state index in [4.69, 9.17) is 4.74 Å². The van der Waals surface area contributed by atoms with Crippen molar-refractivity contribution in [1.29, 1.82) is 0 Å². The molecule has 3 amide bonds. The number of methoxy groups -OCH3 is 1. The van der Waals surface area contributed by atoms with Gasteiger partial charge in [0.05, 0.1) is 7.11 Å². The van der Waals surface area contributed by atoms with Gasteiger partial charge in [-0.05, 0) is 59.2 Å². The fourth-order valence-corrected chi connectivity index (χ4v) is 2.91. The van der Waals surface area contributed by atoms with E-state index in [0.717, 1.165) is 11.3 Å².